The Labute approximate surface area is 211 Å². The molecule has 1 aliphatic carbocycles. The molecule has 1 N–H and O–H groups in total. The standard InChI is InChI=1S/C28H30ClN3O3/c1-35-23-16-14-20(15-17-23)26(27(33)31-22-10-3-2-4-11-22)32(19-21-9-5-6-12-24(21)29)28(34)25-13-7-8-18-30-25/h5-9,12-18,22,26H,2-4,10-11,19H2,1H3,(H,31,33). The highest BCUT2D eigenvalue weighted by Gasteiger charge is 2.34. The summed E-state index contributed by atoms with van der Waals surface area (Å²) in [6.07, 6.45) is 6.83. The second kappa shape index (κ2) is 11.8. The molecule has 2 amide bonds. The number of pyridine rings is 1. The fourth-order valence-corrected chi connectivity index (χ4v) is 4.71. The average molecular weight is 492 g/mol. The van der Waals surface area contributed by atoms with Gasteiger partial charge < -0.3 is 15.0 Å². The normalized spacial score (nSPS) is 14.7. The molecule has 1 saturated carbocycles. The number of hydrogen-bond donors (Lipinski definition) is 1. The molecule has 4 rings (SSSR count). The van der Waals surface area contributed by atoms with Gasteiger partial charge in [0.05, 0.1) is 7.11 Å². The minimum atomic E-state index is -0.867. The van der Waals surface area contributed by atoms with Crippen molar-refractivity contribution in [1.82, 2.24) is 15.2 Å². The minimum Gasteiger partial charge on any atom is -0.497 e. The molecule has 1 fully saturated rings. The number of nitrogens with one attached hydrogen (secondary N) is 1. The van der Waals surface area contributed by atoms with E-state index in [4.69, 9.17) is 16.3 Å². The largest absolute Gasteiger partial charge is 0.497 e. The third-order valence-corrected chi connectivity index (χ3v) is 6.76. The summed E-state index contributed by atoms with van der Waals surface area (Å²) in [5, 5.41) is 3.75. The molecule has 2 aromatic carbocycles. The van der Waals surface area contributed by atoms with E-state index in [0.717, 1.165) is 31.2 Å². The number of carbonyl (C=O) groups excluding carboxylic acids is 2. The molecule has 6 nitrogen and oxygen atoms in total. The van der Waals surface area contributed by atoms with Crippen molar-refractivity contribution in [1.29, 1.82) is 0 Å². The minimum absolute atomic E-state index is 0.101. The van der Waals surface area contributed by atoms with Crippen LogP contribution in [0.5, 0.6) is 5.75 Å². The molecule has 0 aliphatic heterocycles. The van der Waals surface area contributed by atoms with Crippen molar-refractivity contribution in [2.45, 2.75) is 50.7 Å². The Morgan fingerprint density at radius 2 is 1.74 bits per heavy atom. The predicted molar refractivity (Wildman–Crippen MR) is 136 cm³/mol. The third-order valence-electron chi connectivity index (χ3n) is 6.39. The van der Waals surface area contributed by atoms with Gasteiger partial charge in [-0.1, -0.05) is 67.3 Å². The molecule has 0 saturated heterocycles. The number of aromatic nitrogens is 1. The average Bonchev–Trinajstić information content (AvgIpc) is 2.90. The molecule has 182 valence electrons. The lowest BCUT2D eigenvalue weighted by atomic mass is 9.94. The number of hydrogen-bond acceptors (Lipinski definition) is 4. The van der Waals surface area contributed by atoms with Gasteiger partial charge in [-0.3, -0.25) is 14.6 Å². The van der Waals surface area contributed by atoms with Crippen LogP contribution in [0.15, 0.2) is 72.9 Å². The lowest BCUT2D eigenvalue weighted by Gasteiger charge is -2.33. The molecule has 1 heterocycles. The molecular formula is C28H30ClN3O3. The monoisotopic (exact) mass is 491 g/mol. The summed E-state index contributed by atoms with van der Waals surface area (Å²) in [5.41, 5.74) is 1.71. The van der Waals surface area contributed by atoms with Crippen molar-refractivity contribution in [2.24, 2.45) is 0 Å². The quantitative estimate of drug-likeness (QED) is 0.446. The topological polar surface area (TPSA) is 71.5 Å². The molecule has 3 aromatic rings. The van der Waals surface area contributed by atoms with Crippen molar-refractivity contribution in [3.8, 4) is 5.75 Å². The molecule has 0 bridgehead atoms. The van der Waals surface area contributed by atoms with Gasteiger partial charge in [0.15, 0.2) is 0 Å². The second-order valence-electron chi connectivity index (χ2n) is 8.76. The number of amides is 2. The molecule has 1 aromatic heterocycles. The smallest absolute Gasteiger partial charge is 0.273 e. The third kappa shape index (κ3) is 6.20. The summed E-state index contributed by atoms with van der Waals surface area (Å²) in [4.78, 5) is 33.5. The van der Waals surface area contributed by atoms with Crippen LogP contribution in [0.2, 0.25) is 5.02 Å². The Morgan fingerprint density at radius 3 is 2.40 bits per heavy atom. The summed E-state index contributed by atoms with van der Waals surface area (Å²) in [5.74, 6) is 0.123. The number of ether oxygens (including phenoxy) is 1. The highest BCUT2D eigenvalue weighted by atomic mass is 35.5. The molecule has 1 unspecified atom stereocenters. The maximum atomic E-state index is 13.8. The van der Waals surface area contributed by atoms with Crippen molar-refractivity contribution < 1.29 is 14.3 Å². The number of rotatable bonds is 8. The molecule has 0 spiro atoms. The van der Waals surface area contributed by atoms with E-state index < -0.39 is 6.04 Å². The highest BCUT2D eigenvalue weighted by Crippen LogP contribution is 2.29. The molecule has 7 heteroatoms. The van der Waals surface area contributed by atoms with Gasteiger partial charge in [-0.15, -0.1) is 0 Å². The van der Waals surface area contributed by atoms with Crippen LogP contribution in [0, 0.1) is 0 Å². The van der Waals surface area contributed by atoms with Gasteiger partial charge in [-0.05, 0) is 54.3 Å². The summed E-state index contributed by atoms with van der Waals surface area (Å²) in [6.45, 7) is 0.157. The number of carbonyl (C=O) groups is 2. The van der Waals surface area contributed by atoms with E-state index >= 15 is 0 Å². The lowest BCUT2D eigenvalue weighted by molar-refractivity contribution is -0.127. The van der Waals surface area contributed by atoms with Crippen LogP contribution in [-0.4, -0.2) is 34.8 Å². The van der Waals surface area contributed by atoms with Crippen molar-refractivity contribution >= 4 is 23.4 Å². The molecule has 0 radical (unpaired) electrons. The van der Waals surface area contributed by atoms with E-state index in [1.54, 1.807) is 54.6 Å². The van der Waals surface area contributed by atoms with Gasteiger partial charge in [-0.25, -0.2) is 0 Å². The fraction of sp³-hybridized carbons (Fsp3) is 0.321. The number of nitrogens with zero attached hydrogens (tertiary/aromatic N) is 2. The van der Waals surface area contributed by atoms with Gasteiger partial charge in [0, 0.05) is 23.8 Å². The van der Waals surface area contributed by atoms with Gasteiger partial charge in [0.25, 0.3) is 5.91 Å². The van der Waals surface area contributed by atoms with Crippen molar-refractivity contribution in [2.75, 3.05) is 7.11 Å². The Kier molecular flexibility index (Phi) is 8.37. The Morgan fingerprint density at radius 1 is 1.03 bits per heavy atom. The zero-order chi connectivity index (χ0) is 24.6. The van der Waals surface area contributed by atoms with Gasteiger partial charge in [-0.2, -0.15) is 0 Å². The molecule has 35 heavy (non-hydrogen) atoms. The van der Waals surface area contributed by atoms with Crippen LogP contribution in [-0.2, 0) is 11.3 Å². The van der Waals surface area contributed by atoms with E-state index in [1.165, 1.54) is 6.42 Å². The first-order valence-corrected chi connectivity index (χ1v) is 12.3. The summed E-state index contributed by atoms with van der Waals surface area (Å²) >= 11 is 6.47. The van der Waals surface area contributed by atoms with E-state index in [0.29, 0.717) is 16.3 Å². The first-order chi connectivity index (χ1) is 17.1. The maximum Gasteiger partial charge on any atom is 0.273 e. The second-order valence-corrected chi connectivity index (χ2v) is 9.17. The van der Waals surface area contributed by atoms with Crippen molar-refractivity contribution in [3.05, 3.63) is 94.8 Å². The molecular weight excluding hydrogens is 462 g/mol. The van der Waals surface area contributed by atoms with Crippen LogP contribution in [0.1, 0.15) is 59.8 Å². The van der Waals surface area contributed by atoms with Gasteiger partial charge in [0.2, 0.25) is 5.91 Å². The maximum absolute atomic E-state index is 13.8. The van der Waals surface area contributed by atoms with Crippen LogP contribution in [0.25, 0.3) is 0 Å². The lowest BCUT2D eigenvalue weighted by Crippen LogP contribution is -2.47. The Bertz CT molecular complexity index is 1130. The number of benzene rings is 2. The molecule has 1 atom stereocenters. The fourth-order valence-electron chi connectivity index (χ4n) is 4.51. The van der Waals surface area contributed by atoms with E-state index in [2.05, 4.69) is 10.3 Å². The van der Waals surface area contributed by atoms with Crippen molar-refractivity contribution in [3.63, 3.8) is 0 Å². The van der Waals surface area contributed by atoms with Crippen LogP contribution >= 0.6 is 11.6 Å². The van der Waals surface area contributed by atoms with Crippen LogP contribution < -0.4 is 10.1 Å². The number of methoxy groups -OCH3 is 1. The summed E-state index contributed by atoms with van der Waals surface area (Å²) in [7, 11) is 1.59. The first kappa shape index (κ1) is 24.7. The predicted octanol–water partition coefficient (Wildman–Crippen LogP) is 5.58. The number of halogens is 1. The van der Waals surface area contributed by atoms with E-state index in [1.807, 2.05) is 30.3 Å². The Hall–Kier alpha value is -3.38. The Balaban J connectivity index is 1.75. The van der Waals surface area contributed by atoms with Gasteiger partial charge in [0.1, 0.15) is 17.5 Å². The zero-order valence-corrected chi connectivity index (χ0v) is 20.6. The van der Waals surface area contributed by atoms with Crippen LogP contribution in [0.3, 0.4) is 0 Å². The SMILES string of the molecule is COc1ccc(C(C(=O)NC2CCCCC2)N(Cc2ccccc2Cl)C(=O)c2ccccn2)cc1. The first-order valence-electron chi connectivity index (χ1n) is 12.0. The van der Waals surface area contributed by atoms with E-state index in [-0.39, 0.29) is 30.1 Å². The van der Waals surface area contributed by atoms with E-state index in [9.17, 15) is 9.59 Å². The summed E-state index contributed by atoms with van der Waals surface area (Å²) in [6, 6.07) is 19.0. The summed E-state index contributed by atoms with van der Waals surface area (Å²) < 4.78 is 5.31. The van der Waals surface area contributed by atoms with Gasteiger partial charge >= 0.3 is 0 Å². The highest BCUT2D eigenvalue weighted by molar-refractivity contribution is 6.31. The molecule has 1 aliphatic rings. The zero-order valence-electron chi connectivity index (χ0n) is 19.8. The van der Waals surface area contributed by atoms with Crippen LogP contribution in [0.4, 0.5) is 0 Å².